The minimum Gasteiger partial charge on any atom is -0.497 e. The Balaban J connectivity index is 2.04. The van der Waals surface area contributed by atoms with Crippen LogP contribution in [0.5, 0.6) is 11.5 Å². The summed E-state index contributed by atoms with van der Waals surface area (Å²) in [7, 11) is 1.60. The van der Waals surface area contributed by atoms with Crippen LogP contribution in [0.4, 0.5) is 4.39 Å². The van der Waals surface area contributed by atoms with Crippen molar-refractivity contribution in [1.29, 1.82) is 0 Å². The van der Waals surface area contributed by atoms with Gasteiger partial charge >= 0.3 is 0 Å². The number of hydrogen-bond donors (Lipinski definition) is 0. The van der Waals surface area contributed by atoms with Gasteiger partial charge in [-0.25, -0.2) is 9.37 Å². The van der Waals surface area contributed by atoms with Crippen LogP contribution in [0.25, 0.3) is 0 Å². The van der Waals surface area contributed by atoms with Crippen molar-refractivity contribution in [1.82, 2.24) is 4.98 Å². The van der Waals surface area contributed by atoms with E-state index in [0.717, 1.165) is 17.5 Å². The summed E-state index contributed by atoms with van der Waals surface area (Å²) >= 11 is 5.66. The molecule has 1 aromatic carbocycles. The van der Waals surface area contributed by atoms with Crippen molar-refractivity contribution in [3.63, 3.8) is 0 Å². The number of benzene rings is 1. The standard InChI is InChI=1S/C13H11ClFNO2/c1-17-10-4-2-9(3-5-10)8-18-12-6-13(14)16-7-11(12)15/h2-7H,8H2,1H3. The second-order valence-electron chi connectivity index (χ2n) is 3.57. The van der Waals surface area contributed by atoms with E-state index in [1.807, 2.05) is 24.3 Å². The average Bonchev–Trinajstić information content (AvgIpc) is 2.40. The summed E-state index contributed by atoms with van der Waals surface area (Å²) in [6, 6.07) is 8.67. The van der Waals surface area contributed by atoms with Crippen LogP contribution in [-0.2, 0) is 6.61 Å². The van der Waals surface area contributed by atoms with Gasteiger partial charge in [0.15, 0.2) is 11.6 Å². The highest BCUT2D eigenvalue weighted by Gasteiger charge is 2.05. The normalized spacial score (nSPS) is 10.2. The molecule has 2 rings (SSSR count). The smallest absolute Gasteiger partial charge is 0.183 e. The largest absolute Gasteiger partial charge is 0.497 e. The molecule has 0 atom stereocenters. The molecule has 0 bridgehead atoms. The minimum absolute atomic E-state index is 0.0887. The van der Waals surface area contributed by atoms with E-state index >= 15 is 0 Å². The van der Waals surface area contributed by atoms with Gasteiger partial charge < -0.3 is 9.47 Å². The molecule has 1 aromatic heterocycles. The Kier molecular flexibility index (Phi) is 3.99. The second-order valence-corrected chi connectivity index (χ2v) is 3.96. The number of methoxy groups -OCH3 is 1. The summed E-state index contributed by atoms with van der Waals surface area (Å²) in [5.41, 5.74) is 0.906. The van der Waals surface area contributed by atoms with Crippen LogP contribution in [0.1, 0.15) is 5.56 Å². The lowest BCUT2D eigenvalue weighted by molar-refractivity contribution is 0.289. The van der Waals surface area contributed by atoms with E-state index in [4.69, 9.17) is 21.1 Å². The van der Waals surface area contributed by atoms with Gasteiger partial charge in [-0.05, 0) is 17.7 Å². The monoisotopic (exact) mass is 267 g/mol. The van der Waals surface area contributed by atoms with Gasteiger partial charge in [0, 0.05) is 6.07 Å². The Morgan fingerprint density at radius 2 is 2.00 bits per heavy atom. The highest BCUT2D eigenvalue weighted by molar-refractivity contribution is 6.29. The van der Waals surface area contributed by atoms with Crippen molar-refractivity contribution in [2.24, 2.45) is 0 Å². The Morgan fingerprint density at radius 3 is 2.67 bits per heavy atom. The summed E-state index contributed by atoms with van der Waals surface area (Å²) < 4.78 is 23.7. The fourth-order valence-electron chi connectivity index (χ4n) is 1.39. The van der Waals surface area contributed by atoms with Crippen molar-refractivity contribution in [2.75, 3.05) is 7.11 Å². The molecule has 0 aliphatic rings. The number of rotatable bonds is 4. The fraction of sp³-hybridized carbons (Fsp3) is 0.154. The van der Waals surface area contributed by atoms with E-state index in [1.165, 1.54) is 6.07 Å². The molecule has 0 unspecified atom stereocenters. The number of halogens is 2. The molecule has 0 radical (unpaired) electrons. The van der Waals surface area contributed by atoms with Gasteiger partial charge in [0.05, 0.1) is 13.3 Å². The van der Waals surface area contributed by atoms with E-state index in [9.17, 15) is 4.39 Å². The van der Waals surface area contributed by atoms with E-state index in [-0.39, 0.29) is 17.5 Å². The van der Waals surface area contributed by atoms with E-state index in [1.54, 1.807) is 7.11 Å². The molecule has 5 heteroatoms. The topological polar surface area (TPSA) is 31.4 Å². The Hall–Kier alpha value is -1.81. The Bertz CT molecular complexity index is 531. The number of ether oxygens (including phenoxy) is 2. The van der Waals surface area contributed by atoms with Crippen LogP contribution in [0.3, 0.4) is 0 Å². The third kappa shape index (κ3) is 3.11. The van der Waals surface area contributed by atoms with Gasteiger partial charge in [-0.15, -0.1) is 0 Å². The quantitative estimate of drug-likeness (QED) is 0.795. The van der Waals surface area contributed by atoms with Gasteiger partial charge in [-0.2, -0.15) is 0 Å². The van der Waals surface area contributed by atoms with Crippen molar-refractivity contribution in [3.05, 3.63) is 53.1 Å². The molecule has 2 aromatic rings. The number of hydrogen-bond acceptors (Lipinski definition) is 3. The highest BCUT2D eigenvalue weighted by atomic mass is 35.5. The van der Waals surface area contributed by atoms with Gasteiger partial charge in [0.1, 0.15) is 17.5 Å². The third-order valence-corrected chi connectivity index (χ3v) is 2.55. The van der Waals surface area contributed by atoms with Crippen molar-refractivity contribution in [2.45, 2.75) is 6.61 Å². The molecule has 0 aliphatic heterocycles. The van der Waals surface area contributed by atoms with Crippen molar-refractivity contribution >= 4 is 11.6 Å². The Morgan fingerprint density at radius 1 is 1.28 bits per heavy atom. The van der Waals surface area contributed by atoms with Crippen LogP contribution in [0.15, 0.2) is 36.5 Å². The zero-order valence-electron chi connectivity index (χ0n) is 9.69. The van der Waals surface area contributed by atoms with Gasteiger partial charge in [-0.1, -0.05) is 23.7 Å². The molecule has 3 nitrogen and oxygen atoms in total. The van der Waals surface area contributed by atoms with Crippen LogP contribution in [0, 0.1) is 5.82 Å². The second kappa shape index (κ2) is 5.69. The first kappa shape index (κ1) is 12.6. The molecule has 0 amide bonds. The molecule has 94 valence electrons. The van der Waals surface area contributed by atoms with Crippen molar-refractivity contribution in [3.8, 4) is 11.5 Å². The Labute approximate surface area is 109 Å². The molecule has 1 heterocycles. The third-order valence-electron chi connectivity index (χ3n) is 2.34. The molecule has 0 spiro atoms. The van der Waals surface area contributed by atoms with Gasteiger partial charge in [-0.3, -0.25) is 0 Å². The number of aromatic nitrogens is 1. The zero-order valence-corrected chi connectivity index (χ0v) is 10.4. The molecule has 18 heavy (non-hydrogen) atoms. The van der Waals surface area contributed by atoms with E-state index in [2.05, 4.69) is 4.98 Å². The predicted octanol–water partition coefficient (Wildman–Crippen LogP) is 3.46. The van der Waals surface area contributed by atoms with Crippen LogP contribution < -0.4 is 9.47 Å². The lowest BCUT2D eigenvalue weighted by atomic mass is 10.2. The van der Waals surface area contributed by atoms with Crippen LogP contribution in [0.2, 0.25) is 5.15 Å². The lowest BCUT2D eigenvalue weighted by Crippen LogP contribution is -1.98. The first-order valence-electron chi connectivity index (χ1n) is 5.26. The van der Waals surface area contributed by atoms with Crippen LogP contribution in [-0.4, -0.2) is 12.1 Å². The first-order valence-corrected chi connectivity index (χ1v) is 5.63. The molecule has 0 saturated heterocycles. The van der Waals surface area contributed by atoms with Crippen molar-refractivity contribution < 1.29 is 13.9 Å². The van der Waals surface area contributed by atoms with E-state index < -0.39 is 5.82 Å². The molecule has 0 fully saturated rings. The van der Waals surface area contributed by atoms with Gasteiger partial charge in [0.25, 0.3) is 0 Å². The maximum Gasteiger partial charge on any atom is 0.183 e. The highest BCUT2D eigenvalue weighted by Crippen LogP contribution is 2.21. The lowest BCUT2D eigenvalue weighted by Gasteiger charge is -2.07. The molecule has 0 saturated carbocycles. The summed E-state index contributed by atoms with van der Waals surface area (Å²) in [5.74, 6) is 0.315. The minimum atomic E-state index is -0.534. The number of nitrogens with zero attached hydrogens (tertiary/aromatic N) is 1. The summed E-state index contributed by atoms with van der Waals surface area (Å²) in [4.78, 5) is 3.61. The number of pyridine rings is 1. The molecular formula is C13H11ClFNO2. The first-order chi connectivity index (χ1) is 8.69. The summed E-state index contributed by atoms with van der Waals surface area (Å²) in [6.07, 6.45) is 1.03. The SMILES string of the molecule is COc1ccc(COc2cc(Cl)ncc2F)cc1. The zero-order chi connectivity index (χ0) is 13.0. The van der Waals surface area contributed by atoms with Crippen LogP contribution >= 0.6 is 11.6 Å². The fourth-order valence-corrected chi connectivity index (χ4v) is 1.54. The summed E-state index contributed by atoms with van der Waals surface area (Å²) in [5, 5.41) is 0.195. The molecule has 0 N–H and O–H groups in total. The predicted molar refractivity (Wildman–Crippen MR) is 66.5 cm³/mol. The maximum absolute atomic E-state index is 13.3. The van der Waals surface area contributed by atoms with E-state index in [0.29, 0.717) is 0 Å². The average molecular weight is 268 g/mol. The molecule has 0 aliphatic carbocycles. The molecular weight excluding hydrogens is 257 g/mol. The maximum atomic E-state index is 13.3. The van der Waals surface area contributed by atoms with Gasteiger partial charge in [0.2, 0.25) is 0 Å². The summed E-state index contributed by atoms with van der Waals surface area (Å²) in [6.45, 7) is 0.251.